The quantitative estimate of drug-likeness (QED) is 0.908. The first-order valence-electron chi connectivity index (χ1n) is 7.60. The first-order chi connectivity index (χ1) is 9.11. The van der Waals surface area contributed by atoms with E-state index in [1.54, 1.807) is 0 Å². The van der Waals surface area contributed by atoms with Crippen LogP contribution in [0.1, 0.15) is 51.1 Å². The van der Waals surface area contributed by atoms with Crippen molar-refractivity contribution in [1.82, 2.24) is 14.7 Å². The van der Waals surface area contributed by atoms with Crippen molar-refractivity contribution in [2.45, 2.75) is 51.6 Å². The van der Waals surface area contributed by atoms with Gasteiger partial charge in [-0.25, -0.2) is 0 Å². The standard InChI is InChI=1S/C15H28N4/c1-4-13-6-5-8-19(9-7-13)15(12(2)16)14-10-17-18(3)11-14/h10-13,15H,4-9,16H2,1-3H3. The van der Waals surface area contributed by atoms with Crippen LogP contribution in [0.15, 0.2) is 12.4 Å². The summed E-state index contributed by atoms with van der Waals surface area (Å²) in [6, 6.07) is 0.451. The SMILES string of the molecule is CCC1CCCN(C(c2cnn(C)c2)C(C)N)CC1. The Morgan fingerprint density at radius 3 is 2.79 bits per heavy atom. The molecule has 0 spiro atoms. The van der Waals surface area contributed by atoms with Gasteiger partial charge in [0.2, 0.25) is 0 Å². The van der Waals surface area contributed by atoms with Gasteiger partial charge in [-0.1, -0.05) is 13.3 Å². The lowest BCUT2D eigenvalue weighted by Gasteiger charge is -2.32. The van der Waals surface area contributed by atoms with Gasteiger partial charge in [-0.3, -0.25) is 9.58 Å². The topological polar surface area (TPSA) is 47.1 Å². The van der Waals surface area contributed by atoms with E-state index in [1.165, 1.54) is 37.8 Å². The molecule has 108 valence electrons. The summed E-state index contributed by atoms with van der Waals surface area (Å²) in [4.78, 5) is 2.57. The molecule has 4 heteroatoms. The highest BCUT2D eigenvalue weighted by molar-refractivity contribution is 5.13. The molecule has 1 saturated heterocycles. The van der Waals surface area contributed by atoms with Crippen LogP contribution >= 0.6 is 0 Å². The van der Waals surface area contributed by atoms with E-state index < -0.39 is 0 Å². The average Bonchev–Trinajstić information content (AvgIpc) is 2.65. The molecule has 1 fully saturated rings. The Morgan fingerprint density at radius 2 is 2.21 bits per heavy atom. The third kappa shape index (κ3) is 3.57. The molecular weight excluding hydrogens is 236 g/mol. The minimum absolute atomic E-state index is 0.141. The van der Waals surface area contributed by atoms with E-state index >= 15 is 0 Å². The number of hydrogen-bond donors (Lipinski definition) is 1. The van der Waals surface area contributed by atoms with Crippen molar-refractivity contribution in [3.63, 3.8) is 0 Å². The summed E-state index contributed by atoms with van der Waals surface area (Å²) in [5, 5.41) is 4.30. The molecule has 3 atom stereocenters. The maximum Gasteiger partial charge on any atom is 0.0538 e. The van der Waals surface area contributed by atoms with Crippen molar-refractivity contribution in [2.24, 2.45) is 18.7 Å². The molecule has 4 nitrogen and oxygen atoms in total. The fourth-order valence-corrected chi connectivity index (χ4v) is 3.31. The number of nitrogens with two attached hydrogens (primary N) is 1. The second-order valence-electron chi connectivity index (χ2n) is 5.99. The van der Waals surface area contributed by atoms with Gasteiger partial charge in [-0.15, -0.1) is 0 Å². The first kappa shape index (κ1) is 14.5. The number of rotatable bonds is 4. The summed E-state index contributed by atoms with van der Waals surface area (Å²) in [6.07, 6.45) is 9.35. The van der Waals surface area contributed by atoms with E-state index in [-0.39, 0.29) is 6.04 Å². The fourth-order valence-electron chi connectivity index (χ4n) is 3.31. The van der Waals surface area contributed by atoms with Crippen molar-refractivity contribution < 1.29 is 0 Å². The van der Waals surface area contributed by atoms with E-state index in [0.29, 0.717) is 6.04 Å². The number of likely N-dealkylation sites (tertiary alicyclic amines) is 1. The molecule has 0 aromatic carbocycles. The Bertz CT molecular complexity index is 385. The van der Waals surface area contributed by atoms with Crippen LogP contribution in [0.2, 0.25) is 0 Å². The number of hydrogen-bond acceptors (Lipinski definition) is 3. The van der Waals surface area contributed by atoms with Gasteiger partial charge in [0, 0.05) is 24.8 Å². The predicted octanol–water partition coefficient (Wildman–Crippen LogP) is 2.32. The molecule has 0 amide bonds. The van der Waals surface area contributed by atoms with Crippen LogP contribution < -0.4 is 5.73 Å². The molecular formula is C15H28N4. The zero-order valence-electron chi connectivity index (χ0n) is 12.5. The van der Waals surface area contributed by atoms with Gasteiger partial charge in [0.15, 0.2) is 0 Å². The smallest absolute Gasteiger partial charge is 0.0538 e. The lowest BCUT2D eigenvalue weighted by molar-refractivity contribution is 0.180. The predicted molar refractivity (Wildman–Crippen MR) is 78.8 cm³/mol. The molecule has 2 heterocycles. The number of aromatic nitrogens is 2. The second kappa shape index (κ2) is 6.53. The lowest BCUT2D eigenvalue weighted by atomic mass is 9.98. The van der Waals surface area contributed by atoms with Crippen LogP contribution in [0.3, 0.4) is 0 Å². The van der Waals surface area contributed by atoms with Crippen LogP contribution in [-0.2, 0) is 7.05 Å². The highest BCUT2D eigenvalue weighted by atomic mass is 15.3. The molecule has 1 aliphatic rings. The molecule has 2 rings (SSSR count). The minimum Gasteiger partial charge on any atom is -0.326 e. The molecule has 0 bridgehead atoms. The maximum absolute atomic E-state index is 6.25. The highest BCUT2D eigenvalue weighted by Crippen LogP contribution is 2.28. The van der Waals surface area contributed by atoms with Gasteiger partial charge in [0.25, 0.3) is 0 Å². The molecule has 1 aliphatic heterocycles. The third-order valence-electron chi connectivity index (χ3n) is 4.42. The second-order valence-corrected chi connectivity index (χ2v) is 5.99. The Balaban J connectivity index is 2.11. The van der Waals surface area contributed by atoms with Crippen LogP contribution in [0, 0.1) is 5.92 Å². The molecule has 0 radical (unpaired) electrons. The van der Waals surface area contributed by atoms with Crippen LogP contribution in [0.4, 0.5) is 0 Å². The zero-order chi connectivity index (χ0) is 13.8. The summed E-state index contributed by atoms with van der Waals surface area (Å²) in [6.45, 7) is 6.75. The molecule has 3 unspecified atom stereocenters. The largest absolute Gasteiger partial charge is 0.326 e. The fraction of sp³-hybridized carbons (Fsp3) is 0.800. The van der Waals surface area contributed by atoms with Crippen molar-refractivity contribution in [3.8, 4) is 0 Å². The van der Waals surface area contributed by atoms with E-state index in [1.807, 2.05) is 17.9 Å². The van der Waals surface area contributed by atoms with Crippen molar-refractivity contribution >= 4 is 0 Å². The maximum atomic E-state index is 6.25. The lowest BCUT2D eigenvalue weighted by Crippen LogP contribution is -2.40. The summed E-state index contributed by atoms with van der Waals surface area (Å²) in [7, 11) is 1.97. The zero-order valence-corrected chi connectivity index (χ0v) is 12.5. The molecule has 2 N–H and O–H groups in total. The molecule has 1 aromatic heterocycles. The molecule has 0 aliphatic carbocycles. The van der Waals surface area contributed by atoms with Crippen molar-refractivity contribution in [3.05, 3.63) is 18.0 Å². The Kier molecular flexibility index (Phi) is 4.99. The molecule has 1 aromatic rings. The van der Waals surface area contributed by atoms with Crippen LogP contribution in [-0.4, -0.2) is 33.8 Å². The van der Waals surface area contributed by atoms with Crippen LogP contribution in [0.5, 0.6) is 0 Å². The van der Waals surface area contributed by atoms with Gasteiger partial charge < -0.3 is 5.73 Å². The van der Waals surface area contributed by atoms with Gasteiger partial charge in [0.1, 0.15) is 0 Å². The van der Waals surface area contributed by atoms with Crippen LogP contribution in [0.25, 0.3) is 0 Å². The Hall–Kier alpha value is -0.870. The summed E-state index contributed by atoms with van der Waals surface area (Å²) in [5.74, 6) is 0.896. The number of aryl methyl sites for hydroxylation is 1. The van der Waals surface area contributed by atoms with Gasteiger partial charge >= 0.3 is 0 Å². The van der Waals surface area contributed by atoms with Crippen molar-refractivity contribution in [2.75, 3.05) is 13.1 Å². The van der Waals surface area contributed by atoms with Crippen molar-refractivity contribution in [1.29, 1.82) is 0 Å². The summed E-state index contributed by atoms with van der Waals surface area (Å²) >= 11 is 0. The molecule has 19 heavy (non-hydrogen) atoms. The normalized spacial score (nSPS) is 24.9. The monoisotopic (exact) mass is 264 g/mol. The van der Waals surface area contributed by atoms with E-state index in [4.69, 9.17) is 5.73 Å². The van der Waals surface area contributed by atoms with E-state index in [9.17, 15) is 0 Å². The third-order valence-corrected chi connectivity index (χ3v) is 4.42. The van der Waals surface area contributed by atoms with Gasteiger partial charge in [0.05, 0.1) is 12.2 Å². The average molecular weight is 264 g/mol. The minimum atomic E-state index is 0.141. The summed E-state index contributed by atoms with van der Waals surface area (Å²) < 4.78 is 1.87. The Morgan fingerprint density at radius 1 is 1.42 bits per heavy atom. The van der Waals surface area contributed by atoms with E-state index in [2.05, 4.69) is 30.0 Å². The van der Waals surface area contributed by atoms with Gasteiger partial charge in [-0.2, -0.15) is 5.10 Å². The van der Waals surface area contributed by atoms with E-state index in [0.717, 1.165) is 12.5 Å². The number of nitrogens with zero attached hydrogens (tertiary/aromatic N) is 3. The Labute approximate surface area is 117 Å². The first-order valence-corrected chi connectivity index (χ1v) is 7.60. The summed E-state index contributed by atoms with van der Waals surface area (Å²) in [5.41, 5.74) is 7.51. The highest BCUT2D eigenvalue weighted by Gasteiger charge is 2.27. The molecule has 0 saturated carbocycles. The van der Waals surface area contributed by atoms with Gasteiger partial charge in [-0.05, 0) is 45.2 Å².